The zero-order valence-corrected chi connectivity index (χ0v) is 14.7. The number of amidine groups is 1. The summed E-state index contributed by atoms with van der Waals surface area (Å²) in [6.45, 7) is 3.01. The number of methoxy groups -OCH3 is 1. The van der Waals surface area contributed by atoms with Crippen molar-refractivity contribution in [3.05, 3.63) is 64.5 Å². The lowest BCUT2D eigenvalue weighted by Crippen LogP contribution is -2.16. The highest BCUT2D eigenvalue weighted by atomic mass is 16.5. The van der Waals surface area contributed by atoms with Gasteiger partial charge in [0.05, 0.1) is 13.2 Å². The van der Waals surface area contributed by atoms with Gasteiger partial charge in [0.2, 0.25) is 0 Å². The Labute approximate surface area is 147 Å². The molecule has 1 aromatic heterocycles. The smallest absolute Gasteiger partial charge is 0.139 e. The van der Waals surface area contributed by atoms with Crippen LogP contribution in [0.25, 0.3) is 0 Å². The molecular formula is C20H23N3O2. The summed E-state index contributed by atoms with van der Waals surface area (Å²) in [6, 6.07) is 12.0. The predicted octanol–water partition coefficient (Wildman–Crippen LogP) is 2.54. The first-order valence-corrected chi connectivity index (χ1v) is 8.43. The third-order valence-electron chi connectivity index (χ3n) is 4.50. The topological polar surface area (TPSA) is 77.6 Å². The fourth-order valence-electron chi connectivity index (χ4n) is 3.37. The number of hydrogen-bond donors (Lipinski definition) is 1. The Hall–Kier alpha value is -2.53. The van der Waals surface area contributed by atoms with Crippen LogP contribution in [-0.2, 0) is 22.5 Å². The molecule has 2 aromatic rings. The average molecular weight is 337 g/mol. The van der Waals surface area contributed by atoms with Crippen LogP contribution in [0.5, 0.6) is 0 Å². The van der Waals surface area contributed by atoms with E-state index in [2.05, 4.69) is 9.98 Å². The largest absolute Gasteiger partial charge is 0.384 e. The molecule has 0 aliphatic carbocycles. The minimum absolute atomic E-state index is 0.0631. The summed E-state index contributed by atoms with van der Waals surface area (Å²) in [4.78, 5) is 21.4. The van der Waals surface area contributed by atoms with Gasteiger partial charge in [-0.3, -0.25) is 14.8 Å². The summed E-state index contributed by atoms with van der Waals surface area (Å²) in [7, 11) is 1.66. The number of carbonyl (C=O) groups excluding carboxylic acids is 1. The molecule has 0 unspecified atom stereocenters. The third kappa shape index (κ3) is 3.94. The number of pyridine rings is 1. The molecule has 2 heterocycles. The zero-order valence-electron chi connectivity index (χ0n) is 14.7. The molecular weight excluding hydrogens is 314 g/mol. The summed E-state index contributed by atoms with van der Waals surface area (Å²) in [6.07, 6.45) is 0.759. The van der Waals surface area contributed by atoms with Crippen molar-refractivity contribution in [2.45, 2.75) is 32.2 Å². The van der Waals surface area contributed by atoms with Crippen LogP contribution in [0.2, 0.25) is 0 Å². The number of aromatic nitrogens is 1. The number of ether oxygens (including phenoxy) is 1. The van der Waals surface area contributed by atoms with E-state index in [1.807, 2.05) is 43.3 Å². The van der Waals surface area contributed by atoms with E-state index in [1.54, 1.807) is 7.11 Å². The van der Waals surface area contributed by atoms with Gasteiger partial charge in [0.25, 0.3) is 0 Å². The van der Waals surface area contributed by atoms with Crippen molar-refractivity contribution < 1.29 is 9.53 Å². The lowest BCUT2D eigenvalue weighted by Gasteiger charge is -2.16. The molecule has 5 nitrogen and oxygen atoms in total. The lowest BCUT2D eigenvalue weighted by atomic mass is 9.93. The van der Waals surface area contributed by atoms with Gasteiger partial charge >= 0.3 is 0 Å². The Morgan fingerprint density at radius 2 is 2.08 bits per heavy atom. The molecule has 130 valence electrons. The summed E-state index contributed by atoms with van der Waals surface area (Å²) >= 11 is 0. The fourth-order valence-corrected chi connectivity index (χ4v) is 3.37. The number of Topliss-reactive ketones (excluding diaryl/α,β-unsaturated/α-hetero) is 1. The Bertz CT molecular complexity index is 800. The first-order chi connectivity index (χ1) is 12.1. The van der Waals surface area contributed by atoms with Gasteiger partial charge in [-0.25, -0.2) is 0 Å². The highest BCUT2D eigenvalue weighted by molar-refractivity contribution is 6.01. The van der Waals surface area contributed by atoms with Crippen molar-refractivity contribution in [2.24, 2.45) is 10.7 Å². The SMILES string of the molecule is COC[C@@H](CC(=O)Cc1cc2c(c(C)n1)C(N)=NC2)c1ccccc1. The number of nitrogens with zero attached hydrogens (tertiary/aromatic N) is 2. The summed E-state index contributed by atoms with van der Waals surface area (Å²) < 4.78 is 5.30. The third-order valence-corrected chi connectivity index (χ3v) is 4.50. The van der Waals surface area contributed by atoms with Crippen LogP contribution < -0.4 is 5.73 Å². The maximum absolute atomic E-state index is 12.6. The quantitative estimate of drug-likeness (QED) is 0.842. The van der Waals surface area contributed by atoms with E-state index >= 15 is 0 Å². The first kappa shape index (κ1) is 17.3. The Kier molecular flexibility index (Phi) is 5.24. The number of nitrogens with two attached hydrogens (primary N) is 1. The molecule has 0 spiro atoms. The Morgan fingerprint density at radius 3 is 2.80 bits per heavy atom. The molecule has 25 heavy (non-hydrogen) atoms. The summed E-state index contributed by atoms with van der Waals surface area (Å²) in [5, 5.41) is 0. The number of fused-ring (bicyclic) bond motifs is 1. The maximum atomic E-state index is 12.6. The van der Waals surface area contributed by atoms with E-state index in [1.165, 1.54) is 0 Å². The second-order valence-electron chi connectivity index (χ2n) is 6.42. The first-order valence-electron chi connectivity index (χ1n) is 8.43. The summed E-state index contributed by atoms with van der Waals surface area (Å²) in [5.74, 6) is 0.764. The van der Waals surface area contributed by atoms with Crippen molar-refractivity contribution in [3.63, 3.8) is 0 Å². The van der Waals surface area contributed by atoms with Crippen molar-refractivity contribution in [3.8, 4) is 0 Å². The van der Waals surface area contributed by atoms with Crippen LogP contribution >= 0.6 is 0 Å². The van der Waals surface area contributed by atoms with Gasteiger partial charge in [-0.05, 0) is 24.1 Å². The monoisotopic (exact) mass is 337 g/mol. The van der Waals surface area contributed by atoms with Gasteiger partial charge in [-0.15, -0.1) is 0 Å². The number of ketones is 1. The van der Waals surface area contributed by atoms with Crippen LogP contribution in [-0.4, -0.2) is 30.3 Å². The Balaban J connectivity index is 1.71. The molecule has 0 radical (unpaired) electrons. The van der Waals surface area contributed by atoms with Crippen LogP contribution in [0.3, 0.4) is 0 Å². The molecule has 1 atom stereocenters. The van der Waals surface area contributed by atoms with E-state index in [9.17, 15) is 4.79 Å². The number of benzene rings is 1. The molecule has 1 aliphatic heterocycles. The Morgan fingerprint density at radius 1 is 1.32 bits per heavy atom. The molecule has 1 aliphatic rings. The zero-order chi connectivity index (χ0) is 17.8. The van der Waals surface area contributed by atoms with Crippen LogP contribution in [0.15, 0.2) is 41.4 Å². The molecule has 1 aromatic carbocycles. The summed E-state index contributed by atoms with van der Waals surface area (Å²) in [5.41, 5.74) is 10.6. The minimum Gasteiger partial charge on any atom is -0.384 e. The predicted molar refractivity (Wildman–Crippen MR) is 97.8 cm³/mol. The molecule has 0 saturated carbocycles. The average Bonchev–Trinajstić information content (AvgIpc) is 2.96. The molecule has 2 N–H and O–H groups in total. The van der Waals surface area contributed by atoms with Crippen molar-refractivity contribution in [1.82, 2.24) is 4.98 Å². The van der Waals surface area contributed by atoms with Crippen molar-refractivity contribution in [2.75, 3.05) is 13.7 Å². The number of hydrogen-bond acceptors (Lipinski definition) is 5. The standard InChI is InChI=1S/C20H23N3O2/c1-13-19-15(11-22-20(19)21)8-17(23-13)10-18(24)9-16(12-25-2)14-6-4-3-5-7-14/h3-8,16H,9-12H2,1-2H3,(H2,21,22)/t16-/m1/s1. The molecule has 0 saturated heterocycles. The van der Waals surface area contributed by atoms with Gasteiger partial charge in [0, 0.05) is 42.8 Å². The number of aryl methyl sites for hydroxylation is 1. The molecule has 5 heteroatoms. The van der Waals surface area contributed by atoms with Gasteiger partial charge in [-0.2, -0.15) is 0 Å². The van der Waals surface area contributed by atoms with Crippen molar-refractivity contribution in [1.29, 1.82) is 0 Å². The van der Waals surface area contributed by atoms with Gasteiger partial charge in [0.1, 0.15) is 11.6 Å². The fraction of sp³-hybridized carbons (Fsp3) is 0.350. The number of rotatable bonds is 7. The van der Waals surface area contributed by atoms with Crippen LogP contribution in [0.1, 0.15) is 40.4 Å². The normalized spacial score (nSPS) is 14.1. The number of aliphatic imine (C=N–C) groups is 1. The van der Waals surface area contributed by atoms with E-state index in [0.717, 1.165) is 28.1 Å². The van der Waals surface area contributed by atoms with E-state index in [4.69, 9.17) is 10.5 Å². The van der Waals surface area contributed by atoms with Gasteiger partial charge in [0.15, 0.2) is 0 Å². The molecule has 0 fully saturated rings. The van der Waals surface area contributed by atoms with Gasteiger partial charge in [-0.1, -0.05) is 30.3 Å². The van der Waals surface area contributed by atoms with Gasteiger partial charge < -0.3 is 10.5 Å². The van der Waals surface area contributed by atoms with E-state index in [0.29, 0.717) is 31.8 Å². The second kappa shape index (κ2) is 7.57. The van der Waals surface area contributed by atoms with Crippen molar-refractivity contribution >= 4 is 11.6 Å². The van der Waals surface area contributed by atoms with E-state index < -0.39 is 0 Å². The van der Waals surface area contributed by atoms with Crippen LogP contribution in [0.4, 0.5) is 0 Å². The molecule has 0 bridgehead atoms. The van der Waals surface area contributed by atoms with Crippen LogP contribution in [0, 0.1) is 6.92 Å². The second-order valence-corrected chi connectivity index (χ2v) is 6.42. The lowest BCUT2D eigenvalue weighted by molar-refractivity contribution is -0.119. The van der Waals surface area contributed by atoms with E-state index in [-0.39, 0.29) is 11.7 Å². The highest BCUT2D eigenvalue weighted by Crippen LogP contribution is 2.23. The maximum Gasteiger partial charge on any atom is 0.139 e. The molecule has 0 amide bonds. The molecule has 3 rings (SSSR count). The minimum atomic E-state index is 0.0631. The number of carbonyl (C=O) groups is 1. The highest BCUT2D eigenvalue weighted by Gasteiger charge is 2.20.